The molecular weight excluding hydrogens is 186 g/mol. The number of nitrogens with zero attached hydrogens (tertiary/aromatic N) is 2. The van der Waals surface area contributed by atoms with E-state index in [0.29, 0.717) is 11.5 Å². The van der Waals surface area contributed by atoms with Crippen LogP contribution in [0.1, 0.15) is 10.5 Å². The summed E-state index contributed by atoms with van der Waals surface area (Å²) in [4.78, 5) is 11.4. The molecule has 72 valence electrons. The van der Waals surface area contributed by atoms with Crippen molar-refractivity contribution in [3.8, 4) is 0 Å². The number of hydrogen-bond donors (Lipinski definition) is 3. The Labute approximate surface area is 78.3 Å². The fraction of sp³-hybridized carbons (Fsp3) is 0. The molecule has 0 atom stereocenters. The zero-order chi connectivity index (χ0) is 9.97. The predicted molar refractivity (Wildman–Crippen MR) is 47.5 cm³/mol. The van der Waals surface area contributed by atoms with E-state index in [2.05, 4.69) is 25.2 Å². The number of rotatable bonds is 2. The molecule has 0 aliphatic rings. The Bertz CT molecular complexity index is 433. The van der Waals surface area contributed by atoms with Gasteiger partial charge in [0.25, 0.3) is 5.91 Å². The molecule has 0 aromatic carbocycles. The van der Waals surface area contributed by atoms with Crippen LogP contribution in [0.15, 0.2) is 23.0 Å². The summed E-state index contributed by atoms with van der Waals surface area (Å²) >= 11 is 0. The Morgan fingerprint density at radius 2 is 2.50 bits per heavy atom. The van der Waals surface area contributed by atoms with E-state index >= 15 is 0 Å². The molecule has 2 aromatic heterocycles. The van der Waals surface area contributed by atoms with Gasteiger partial charge >= 0.3 is 0 Å². The molecule has 7 heteroatoms. The molecule has 0 saturated heterocycles. The van der Waals surface area contributed by atoms with Crippen LogP contribution in [-0.2, 0) is 0 Å². The Morgan fingerprint density at radius 3 is 3.07 bits per heavy atom. The molecule has 2 rings (SSSR count). The highest BCUT2D eigenvalue weighted by Crippen LogP contribution is 2.13. The van der Waals surface area contributed by atoms with Gasteiger partial charge in [-0.1, -0.05) is 5.16 Å². The third-order valence-corrected chi connectivity index (χ3v) is 1.58. The number of nitrogens with one attached hydrogen (secondary N) is 2. The van der Waals surface area contributed by atoms with Gasteiger partial charge in [-0.15, -0.1) is 0 Å². The van der Waals surface area contributed by atoms with E-state index in [1.54, 1.807) is 0 Å². The lowest BCUT2D eigenvalue weighted by atomic mass is 10.4. The lowest BCUT2D eigenvalue weighted by Crippen LogP contribution is -2.13. The molecule has 4 N–H and O–H groups in total. The van der Waals surface area contributed by atoms with Crippen LogP contribution in [0.5, 0.6) is 0 Å². The van der Waals surface area contributed by atoms with Crippen LogP contribution < -0.4 is 11.1 Å². The lowest BCUT2D eigenvalue weighted by Gasteiger charge is -1.99. The van der Waals surface area contributed by atoms with E-state index < -0.39 is 5.91 Å². The number of aromatic amines is 1. The Morgan fingerprint density at radius 1 is 1.64 bits per heavy atom. The number of anilines is 2. The van der Waals surface area contributed by atoms with Crippen molar-refractivity contribution in [1.29, 1.82) is 0 Å². The predicted octanol–water partition coefficient (Wildman–Crippen LogP) is 0.232. The van der Waals surface area contributed by atoms with Gasteiger partial charge < -0.3 is 15.6 Å². The molecule has 0 bridgehead atoms. The number of carbonyl (C=O) groups is 1. The number of aromatic nitrogens is 3. The van der Waals surface area contributed by atoms with Crippen LogP contribution >= 0.6 is 0 Å². The summed E-state index contributed by atoms with van der Waals surface area (Å²) in [6, 6.07) is 1.45. The molecule has 2 heterocycles. The third kappa shape index (κ3) is 1.42. The largest absolute Gasteiger partial charge is 0.394 e. The maximum absolute atomic E-state index is 11.4. The monoisotopic (exact) mass is 193 g/mol. The van der Waals surface area contributed by atoms with Gasteiger partial charge in [0.1, 0.15) is 6.26 Å². The molecule has 0 unspecified atom stereocenters. The highest BCUT2D eigenvalue weighted by molar-refractivity contribution is 6.03. The lowest BCUT2D eigenvalue weighted by molar-refractivity contribution is 0.101. The molecule has 0 radical (unpaired) electrons. The average Bonchev–Trinajstić information content (AvgIpc) is 2.77. The zero-order valence-electron chi connectivity index (χ0n) is 7.02. The first kappa shape index (κ1) is 8.30. The average molecular weight is 193 g/mol. The van der Waals surface area contributed by atoms with E-state index in [4.69, 9.17) is 5.73 Å². The van der Waals surface area contributed by atoms with Gasteiger partial charge in [-0.2, -0.15) is 5.10 Å². The number of nitrogen functional groups attached to an aromatic ring is 1. The normalized spacial score (nSPS) is 10.0. The molecule has 2 aromatic rings. The fourth-order valence-electron chi connectivity index (χ4n) is 0.903. The molecule has 0 saturated carbocycles. The first-order valence-corrected chi connectivity index (χ1v) is 3.78. The summed E-state index contributed by atoms with van der Waals surface area (Å²) < 4.78 is 4.52. The minimum Gasteiger partial charge on any atom is -0.394 e. The number of H-pyrrole nitrogens is 1. The van der Waals surface area contributed by atoms with Gasteiger partial charge in [-0.05, 0) is 0 Å². The van der Waals surface area contributed by atoms with Gasteiger partial charge in [-0.25, -0.2) is 0 Å². The van der Waals surface area contributed by atoms with Crippen molar-refractivity contribution in [2.24, 2.45) is 0 Å². The second-order valence-electron chi connectivity index (χ2n) is 2.54. The van der Waals surface area contributed by atoms with E-state index in [1.165, 1.54) is 18.5 Å². The summed E-state index contributed by atoms with van der Waals surface area (Å²) in [5.41, 5.74) is 6.03. The standard InChI is InChI=1S/C7H7N5O2/c8-4-3-9-11-6(4)10-7(13)5-1-2-14-12-5/h1-3H,8H2,(H2,9,10,11,13). The number of hydrogen-bond acceptors (Lipinski definition) is 5. The summed E-state index contributed by atoms with van der Waals surface area (Å²) in [6.45, 7) is 0. The molecular formula is C7H7N5O2. The van der Waals surface area contributed by atoms with Gasteiger partial charge in [0.2, 0.25) is 0 Å². The molecule has 7 nitrogen and oxygen atoms in total. The molecule has 0 aliphatic heterocycles. The summed E-state index contributed by atoms with van der Waals surface area (Å²) in [5.74, 6) is -0.0623. The zero-order valence-corrected chi connectivity index (χ0v) is 7.02. The van der Waals surface area contributed by atoms with Gasteiger partial charge in [-0.3, -0.25) is 9.89 Å². The van der Waals surface area contributed by atoms with E-state index in [1.807, 2.05) is 0 Å². The summed E-state index contributed by atoms with van der Waals surface area (Å²) in [7, 11) is 0. The third-order valence-electron chi connectivity index (χ3n) is 1.58. The Balaban J connectivity index is 2.13. The van der Waals surface area contributed by atoms with Crippen molar-refractivity contribution in [3.05, 3.63) is 24.2 Å². The minimum atomic E-state index is -0.408. The van der Waals surface area contributed by atoms with Crippen molar-refractivity contribution in [2.75, 3.05) is 11.1 Å². The highest BCUT2D eigenvalue weighted by Gasteiger charge is 2.11. The Kier molecular flexibility index (Phi) is 1.90. The number of carbonyl (C=O) groups excluding carboxylic acids is 1. The van der Waals surface area contributed by atoms with Crippen LogP contribution in [0.4, 0.5) is 11.5 Å². The second-order valence-corrected chi connectivity index (χ2v) is 2.54. The van der Waals surface area contributed by atoms with Crippen molar-refractivity contribution in [1.82, 2.24) is 15.4 Å². The quantitative estimate of drug-likeness (QED) is 0.632. The van der Waals surface area contributed by atoms with Crippen molar-refractivity contribution in [3.63, 3.8) is 0 Å². The number of amides is 1. The van der Waals surface area contributed by atoms with Crippen molar-refractivity contribution < 1.29 is 9.32 Å². The van der Waals surface area contributed by atoms with E-state index in [9.17, 15) is 4.79 Å². The van der Waals surface area contributed by atoms with Crippen LogP contribution in [0, 0.1) is 0 Å². The number of nitrogens with two attached hydrogens (primary N) is 1. The van der Waals surface area contributed by atoms with E-state index in [-0.39, 0.29) is 5.69 Å². The first-order chi connectivity index (χ1) is 6.77. The first-order valence-electron chi connectivity index (χ1n) is 3.78. The molecule has 0 spiro atoms. The molecule has 0 fully saturated rings. The van der Waals surface area contributed by atoms with Crippen LogP contribution in [0.25, 0.3) is 0 Å². The SMILES string of the molecule is Nc1cn[nH]c1NC(=O)c1ccon1. The van der Waals surface area contributed by atoms with Crippen molar-refractivity contribution in [2.45, 2.75) is 0 Å². The van der Waals surface area contributed by atoms with Crippen LogP contribution in [-0.4, -0.2) is 21.3 Å². The molecule has 14 heavy (non-hydrogen) atoms. The summed E-state index contributed by atoms with van der Waals surface area (Å²) in [5, 5.41) is 12.1. The van der Waals surface area contributed by atoms with E-state index in [0.717, 1.165) is 0 Å². The Hall–Kier alpha value is -2.31. The van der Waals surface area contributed by atoms with Gasteiger partial charge in [0.15, 0.2) is 11.5 Å². The van der Waals surface area contributed by atoms with Gasteiger partial charge in [0, 0.05) is 6.07 Å². The topological polar surface area (TPSA) is 110 Å². The molecule has 1 amide bonds. The summed E-state index contributed by atoms with van der Waals surface area (Å²) in [6.07, 6.45) is 2.71. The minimum absolute atomic E-state index is 0.180. The maximum atomic E-state index is 11.4. The maximum Gasteiger partial charge on any atom is 0.279 e. The smallest absolute Gasteiger partial charge is 0.279 e. The van der Waals surface area contributed by atoms with Gasteiger partial charge in [0.05, 0.1) is 11.9 Å². The van der Waals surface area contributed by atoms with Crippen molar-refractivity contribution >= 4 is 17.4 Å². The highest BCUT2D eigenvalue weighted by atomic mass is 16.5. The fourth-order valence-corrected chi connectivity index (χ4v) is 0.903. The second kappa shape index (κ2) is 3.21. The molecule has 0 aliphatic carbocycles. The van der Waals surface area contributed by atoms with Crippen LogP contribution in [0.3, 0.4) is 0 Å². The van der Waals surface area contributed by atoms with Crippen LogP contribution in [0.2, 0.25) is 0 Å².